The molecule has 0 aromatic heterocycles. The van der Waals surface area contributed by atoms with E-state index in [2.05, 4.69) is 43.4 Å². The molecule has 0 radical (unpaired) electrons. The monoisotopic (exact) mass is 382 g/mol. The fourth-order valence-electron chi connectivity index (χ4n) is 3.54. The van der Waals surface area contributed by atoms with Gasteiger partial charge in [0.1, 0.15) is 5.54 Å². The fourth-order valence-corrected chi connectivity index (χ4v) is 3.54. The Morgan fingerprint density at radius 3 is 2.42 bits per heavy atom. The summed E-state index contributed by atoms with van der Waals surface area (Å²) in [6.07, 6.45) is 2.53. The highest BCUT2D eigenvalue weighted by atomic mass is 35.5. The van der Waals surface area contributed by atoms with Gasteiger partial charge in [-0.2, -0.15) is 0 Å². The molecule has 1 aromatic carbocycles. The van der Waals surface area contributed by atoms with Gasteiger partial charge in [-0.1, -0.05) is 52.0 Å². The molecule has 0 saturated heterocycles. The molecule has 1 saturated carbocycles. The number of nitrogens with one attached hydrogen (secondary N) is 1. The molecule has 3 N–H and O–H groups in total. The lowest BCUT2D eigenvalue weighted by Gasteiger charge is -2.57. The molecule has 148 valence electrons. The molecule has 4 nitrogen and oxygen atoms in total. The van der Waals surface area contributed by atoms with E-state index in [1.807, 2.05) is 20.8 Å². The fraction of sp³-hybridized carbons (Fsp3) is 0.667. The second-order valence-electron chi connectivity index (χ2n) is 8.10. The third-order valence-electron chi connectivity index (χ3n) is 5.81. The number of benzene rings is 1. The number of halogens is 1. The van der Waals surface area contributed by atoms with Gasteiger partial charge in [-0.05, 0) is 36.8 Å². The van der Waals surface area contributed by atoms with Crippen LogP contribution in [0.2, 0.25) is 0 Å². The van der Waals surface area contributed by atoms with Gasteiger partial charge >= 0.3 is 0 Å². The third-order valence-corrected chi connectivity index (χ3v) is 5.81. The van der Waals surface area contributed by atoms with Crippen molar-refractivity contribution in [2.75, 3.05) is 13.2 Å². The Morgan fingerprint density at radius 2 is 1.92 bits per heavy atom. The zero-order valence-electron chi connectivity index (χ0n) is 16.8. The molecule has 1 aliphatic rings. The highest BCUT2D eigenvalue weighted by Crippen LogP contribution is 2.49. The number of rotatable bonds is 8. The first-order chi connectivity index (χ1) is 11.7. The minimum Gasteiger partial charge on any atom is -0.378 e. The quantitative estimate of drug-likeness (QED) is 0.672. The average Bonchev–Trinajstić information content (AvgIpc) is 2.58. The maximum Gasteiger partial charge on any atom is 0.240 e. The summed E-state index contributed by atoms with van der Waals surface area (Å²) in [5.41, 5.74) is 7.90. The van der Waals surface area contributed by atoms with Gasteiger partial charge in [-0.15, -0.1) is 12.4 Å². The summed E-state index contributed by atoms with van der Waals surface area (Å²) in [5.74, 6) is 0.504. The maximum absolute atomic E-state index is 12.6. The summed E-state index contributed by atoms with van der Waals surface area (Å²) in [7, 11) is 0. The van der Waals surface area contributed by atoms with Crippen molar-refractivity contribution in [3.63, 3.8) is 0 Å². The van der Waals surface area contributed by atoms with Crippen LogP contribution in [0.3, 0.4) is 0 Å². The molecule has 2 unspecified atom stereocenters. The Kier molecular flexibility index (Phi) is 8.12. The Labute approximate surface area is 164 Å². The van der Waals surface area contributed by atoms with E-state index in [1.54, 1.807) is 0 Å². The molecule has 1 aliphatic carbocycles. The number of carbonyl (C=O) groups is 1. The van der Waals surface area contributed by atoms with E-state index in [-0.39, 0.29) is 29.8 Å². The van der Waals surface area contributed by atoms with Crippen molar-refractivity contribution >= 4 is 18.3 Å². The molecule has 26 heavy (non-hydrogen) atoms. The lowest BCUT2D eigenvalue weighted by Crippen LogP contribution is -2.75. The van der Waals surface area contributed by atoms with Crippen LogP contribution >= 0.6 is 12.4 Å². The lowest BCUT2D eigenvalue weighted by atomic mass is 9.54. The second-order valence-corrected chi connectivity index (χ2v) is 8.10. The number of aryl methyl sites for hydroxylation is 1. The van der Waals surface area contributed by atoms with Crippen LogP contribution in [0.4, 0.5) is 0 Å². The minimum absolute atomic E-state index is 0. The normalized spacial score (nSPS) is 23.9. The molecule has 1 fully saturated rings. The molecule has 5 heteroatoms. The van der Waals surface area contributed by atoms with Crippen molar-refractivity contribution in [3.05, 3.63) is 35.4 Å². The van der Waals surface area contributed by atoms with Crippen molar-refractivity contribution in [1.29, 1.82) is 0 Å². The van der Waals surface area contributed by atoms with Gasteiger partial charge in [0.2, 0.25) is 5.91 Å². The zero-order chi connectivity index (χ0) is 18.7. The van der Waals surface area contributed by atoms with Crippen LogP contribution in [0.25, 0.3) is 0 Å². The van der Waals surface area contributed by atoms with Crippen LogP contribution in [0.5, 0.6) is 0 Å². The van der Waals surface area contributed by atoms with E-state index < -0.39 is 5.54 Å². The minimum atomic E-state index is -0.828. The van der Waals surface area contributed by atoms with E-state index in [0.29, 0.717) is 25.5 Å². The number of hydrogen-bond donors (Lipinski definition) is 2. The van der Waals surface area contributed by atoms with Gasteiger partial charge in [-0.3, -0.25) is 4.79 Å². The number of hydrogen-bond acceptors (Lipinski definition) is 3. The van der Waals surface area contributed by atoms with Crippen molar-refractivity contribution in [1.82, 2.24) is 5.32 Å². The maximum atomic E-state index is 12.6. The van der Waals surface area contributed by atoms with Crippen molar-refractivity contribution in [2.24, 2.45) is 11.1 Å². The van der Waals surface area contributed by atoms with E-state index >= 15 is 0 Å². The Bertz CT molecular complexity index is 586. The molecule has 1 amide bonds. The van der Waals surface area contributed by atoms with Crippen LogP contribution < -0.4 is 11.1 Å². The van der Waals surface area contributed by atoms with Crippen molar-refractivity contribution in [3.8, 4) is 0 Å². The third kappa shape index (κ3) is 4.59. The largest absolute Gasteiger partial charge is 0.378 e. The second kappa shape index (κ2) is 9.20. The Balaban J connectivity index is 0.00000338. The number of carbonyl (C=O) groups excluding carboxylic acids is 1. The summed E-state index contributed by atoms with van der Waals surface area (Å²) in [6.45, 7) is 11.7. The Hall–Kier alpha value is -1.10. The topological polar surface area (TPSA) is 64.3 Å². The number of amides is 1. The SMILES string of the molecule is CCOC1CC(N)(C(=O)NCCCc2ccc(C(C)C)cc2)C1(C)C.Cl. The number of ether oxygens (including phenoxy) is 1. The predicted molar refractivity (Wildman–Crippen MR) is 110 cm³/mol. The van der Waals surface area contributed by atoms with E-state index in [0.717, 1.165) is 12.8 Å². The van der Waals surface area contributed by atoms with Gasteiger partial charge in [0.15, 0.2) is 0 Å². The highest BCUT2D eigenvalue weighted by molar-refractivity contribution is 5.88. The van der Waals surface area contributed by atoms with Gasteiger partial charge in [0, 0.05) is 25.0 Å². The van der Waals surface area contributed by atoms with Crippen LogP contribution in [0, 0.1) is 5.41 Å². The summed E-state index contributed by atoms with van der Waals surface area (Å²) in [4.78, 5) is 12.6. The first-order valence-corrected chi connectivity index (χ1v) is 9.50. The smallest absolute Gasteiger partial charge is 0.240 e. The van der Waals surface area contributed by atoms with E-state index in [4.69, 9.17) is 10.5 Å². The first-order valence-electron chi connectivity index (χ1n) is 9.50. The molecule has 0 heterocycles. The Morgan fingerprint density at radius 1 is 1.31 bits per heavy atom. The molecule has 2 rings (SSSR count). The van der Waals surface area contributed by atoms with Gasteiger partial charge in [-0.25, -0.2) is 0 Å². The van der Waals surface area contributed by atoms with Gasteiger partial charge in [0.25, 0.3) is 0 Å². The average molecular weight is 383 g/mol. The molecule has 0 bridgehead atoms. The van der Waals surface area contributed by atoms with Crippen LogP contribution in [-0.2, 0) is 16.0 Å². The van der Waals surface area contributed by atoms with Crippen molar-refractivity contribution in [2.45, 2.75) is 71.4 Å². The first kappa shape index (κ1) is 22.9. The van der Waals surface area contributed by atoms with Crippen LogP contribution in [0.15, 0.2) is 24.3 Å². The van der Waals surface area contributed by atoms with E-state index in [9.17, 15) is 4.79 Å². The van der Waals surface area contributed by atoms with E-state index in [1.165, 1.54) is 11.1 Å². The number of nitrogens with two attached hydrogens (primary N) is 1. The lowest BCUT2D eigenvalue weighted by molar-refractivity contribution is -0.170. The van der Waals surface area contributed by atoms with Gasteiger partial charge in [0.05, 0.1) is 6.10 Å². The van der Waals surface area contributed by atoms with Crippen LogP contribution in [0.1, 0.15) is 64.5 Å². The molecule has 0 spiro atoms. The highest BCUT2D eigenvalue weighted by Gasteiger charge is 2.62. The molecule has 2 atom stereocenters. The van der Waals surface area contributed by atoms with Gasteiger partial charge < -0.3 is 15.8 Å². The van der Waals surface area contributed by atoms with Crippen molar-refractivity contribution < 1.29 is 9.53 Å². The summed E-state index contributed by atoms with van der Waals surface area (Å²) in [6, 6.07) is 8.75. The summed E-state index contributed by atoms with van der Waals surface area (Å²) >= 11 is 0. The summed E-state index contributed by atoms with van der Waals surface area (Å²) in [5, 5.41) is 3.02. The zero-order valence-corrected chi connectivity index (χ0v) is 17.6. The molecular weight excluding hydrogens is 348 g/mol. The summed E-state index contributed by atoms with van der Waals surface area (Å²) < 4.78 is 5.69. The predicted octanol–water partition coefficient (Wildman–Crippen LogP) is 3.81. The molecule has 0 aliphatic heterocycles. The van der Waals surface area contributed by atoms with Crippen LogP contribution in [-0.4, -0.2) is 30.7 Å². The molecular formula is C21H35ClN2O2. The molecule has 1 aromatic rings. The standard InChI is InChI=1S/C21H34N2O2.ClH/c1-6-25-18-14-21(22,20(18,4)5)19(24)23-13-7-8-16-9-11-17(12-10-16)15(2)3;/h9-12,15,18H,6-8,13-14,22H2,1-5H3,(H,23,24);1H.